The highest BCUT2D eigenvalue weighted by Gasteiger charge is 2.65. The van der Waals surface area contributed by atoms with Crippen LogP contribution in [0.4, 0.5) is 37.4 Å². The highest BCUT2D eigenvalue weighted by atomic mass is 32.5. The average molecular weight is 561 g/mol. The Morgan fingerprint density at radius 2 is 1.75 bits per heavy atom. The minimum Gasteiger partial charge on any atom is -0.475 e. The van der Waals surface area contributed by atoms with Gasteiger partial charge in [-0.3, -0.25) is 0 Å². The van der Waals surface area contributed by atoms with Gasteiger partial charge in [0.05, 0.1) is 5.57 Å². The molecule has 0 saturated carbocycles. The third-order valence-electron chi connectivity index (χ3n) is 4.15. The first kappa shape index (κ1) is 28.7. The number of alkyl halides is 3. The Bertz CT molecular complexity index is 1110. The quantitative estimate of drug-likeness (QED) is 0.131. The van der Waals surface area contributed by atoms with Gasteiger partial charge in [-0.15, -0.1) is 10.1 Å². The predicted molar refractivity (Wildman–Crippen MR) is 102 cm³/mol. The zero-order valence-corrected chi connectivity index (χ0v) is 18.7. The summed E-state index contributed by atoms with van der Waals surface area (Å²) in [5, 5.41) is 8.93. The maximum absolute atomic E-state index is 13.5. The fourth-order valence-electron chi connectivity index (χ4n) is 2.71. The van der Waals surface area contributed by atoms with Gasteiger partial charge in [-0.2, -0.15) is 13.2 Å². The third kappa shape index (κ3) is 7.49. The second-order valence-electron chi connectivity index (χ2n) is 7.16. The molecule has 1 heterocycles. The summed E-state index contributed by atoms with van der Waals surface area (Å²) in [4.78, 5) is 35.2. The van der Waals surface area contributed by atoms with E-state index in [1.165, 1.54) is 0 Å². The predicted octanol–water partition coefficient (Wildman–Crippen LogP) is 5.61. The minimum absolute atomic E-state index is 0.0814. The van der Waals surface area contributed by atoms with Gasteiger partial charge in [0.15, 0.2) is 0 Å². The third-order valence-corrected chi connectivity index (χ3v) is 5.28. The van der Waals surface area contributed by atoms with Crippen molar-refractivity contribution in [1.82, 2.24) is 0 Å². The van der Waals surface area contributed by atoms with E-state index in [9.17, 15) is 52.3 Å². The van der Waals surface area contributed by atoms with Crippen molar-refractivity contribution in [2.45, 2.75) is 37.1 Å². The topological polar surface area (TPSA) is 123 Å². The van der Waals surface area contributed by atoms with E-state index >= 15 is 0 Å². The maximum atomic E-state index is 13.5. The van der Waals surface area contributed by atoms with E-state index in [0.29, 0.717) is 0 Å². The van der Waals surface area contributed by atoms with E-state index in [0.717, 1.165) is 13.8 Å². The number of carbonyl (C=O) groups is 2. The van der Waals surface area contributed by atoms with Crippen LogP contribution in [-0.2, 0) is 23.8 Å². The van der Waals surface area contributed by atoms with Crippen LogP contribution in [0.5, 0.6) is 5.75 Å². The van der Waals surface area contributed by atoms with Gasteiger partial charge >= 0.3 is 28.5 Å². The number of benzene rings is 1. The molecule has 1 aromatic carbocycles. The lowest BCUT2D eigenvalue weighted by molar-refractivity contribution is -0.767. The summed E-state index contributed by atoms with van der Waals surface area (Å²) in [6.07, 6.45) is -10.9. The smallest absolute Gasteiger partial charge is 0.475 e. The van der Waals surface area contributed by atoms with Gasteiger partial charge < -0.3 is 23.8 Å². The van der Waals surface area contributed by atoms with E-state index in [-0.39, 0.29) is 18.2 Å². The van der Waals surface area contributed by atoms with Crippen molar-refractivity contribution in [3.05, 3.63) is 38.9 Å². The second-order valence-corrected chi connectivity index (χ2v) is 9.57. The molecule has 204 valence electrons. The highest BCUT2D eigenvalue weighted by Crippen LogP contribution is 3.02. The van der Waals surface area contributed by atoms with Gasteiger partial charge in [0.1, 0.15) is 23.4 Å². The van der Waals surface area contributed by atoms with Crippen molar-refractivity contribution in [2.75, 3.05) is 13.4 Å². The first-order chi connectivity index (χ1) is 16.1. The van der Waals surface area contributed by atoms with E-state index in [1.807, 2.05) is 0 Å². The van der Waals surface area contributed by atoms with Crippen LogP contribution in [0, 0.1) is 17.0 Å². The van der Waals surface area contributed by atoms with Gasteiger partial charge in [-0.25, -0.2) is 9.59 Å². The second kappa shape index (κ2) is 8.86. The Morgan fingerprint density at radius 3 is 2.28 bits per heavy atom. The summed E-state index contributed by atoms with van der Waals surface area (Å²) in [7, 11) is -10.2. The standard InChI is InChI=1S/C17H15F8NO9S/c1-8-3-11(36(21,22,23,24)25)4-10-5-12(14(17(18,19)20)34-13(8)10)15(27)32-7-33-16(28)31-6-9(2)35-26(29)30/h3-5,9,14H,6-7H2,1-2H3/t9-,14-/m0/s1. The molecule has 0 amide bonds. The molecule has 1 aromatic rings. The summed E-state index contributed by atoms with van der Waals surface area (Å²) in [5.41, 5.74) is -3.06. The van der Waals surface area contributed by atoms with Crippen molar-refractivity contribution >= 4 is 28.4 Å². The number of rotatable bonds is 8. The van der Waals surface area contributed by atoms with E-state index in [2.05, 4.69) is 23.8 Å². The van der Waals surface area contributed by atoms with E-state index in [1.54, 1.807) is 0 Å². The molecule has 0 fully saturated rings. The van der Waals surface area contributed by atoms with Crippen LogP contribution in [-0.4, -0.2) is 49.0 Å². The van der Waals surface area contributed by atoms with Gasteiger partial charge in [-0.1, -0.05) is 19.4 Å². The van der Waals surface area contributed by atoms with Crippen LogP contribution in [0.1, 0.15) is 18.1 Å². The van der Waals surface area contributed by atoms with Crippen LogP contribution >= 0.6 is 10.2 Å². The number of fused-ring (bicyclic) bond motifs is 1. The number of aryl methyl sites for hydroxylation is 1. The van der Waals surface area contributed by atoms with Crippen LogP contribution in [0.3, 0.4) is 0 Å². The van der Waals surface area contributed by atoms with Gasteiger partial charge in [-0.05, 0) is 37.6 Å². The van der Waals surface area contributed by atoms with Crippen molar-refractivity contribution < 1.29 is 71.1 Å². The molecule has 0 spiro atoms. The Hall–Kier alpha value is -3.51. The van der Waals surface area contributed by atoms with Gasteiger partial charge in [0, 0.05) is 5.56 Å². The normalized spacial score (nSPS) is 18.3. The molecule has 19 heteroatoms. The van der Waals surface area contributed by atoms with Gasteiger partial charge in [0.2, 0.25) is 12.9 Å². The fraction of sp³-hybridized carbons (Fsp3) is 0.412. The first-order valence-corrected chi connectivity index (χ1v) is 11.1. The van der Waals surface area contributed by atoms with E-state index in [4.69, 9.17) is 0 Å². The summed E-state index contributed by atoms with van der Waals surface area (Å²) in [6.45, 7) is -0.132. The minimum atomic E-state index is -10.2. The zero-order valence-electron chi connectivity index (χ0n) is 17.9. The summed E-state index contributed by atoms with van der Waals surface area (Å²) in [5.74, 6) is -2.71. The molecular formula is C17H15F8NO9S. The van der Waals surface area contributed by atoms with Crippen LogP contribution in [0.15, 0.2) is 22.6 Å². The van der Waals surface area contributed by atoms with E-state index < -0.39 is 86.6 Å². The van der Waals surface area contributed by atoms with Crippen molar-refractivity contribution in [2.24, 2.45) is 0 Å². The molecule has 36 heavy (non-hydrogen) atoms. The molecule has 0 unspecified atom stereocenters. The zero-order chi connectivity index (χ0) is 27.8. The maximum Gasteiger partial charge on any atom is 0.511 e. The van der Waals surface area contributed by atoms with Crippen molar-refractivity contribution in [3.8, 4) is 5.75 Å². The molecule has 0 radical (unpaired) electrons. The number of esters is 1. The summed E-state index contributed by atoms with van der Waals surface area (Å²) in [6, 6.07) is -0.256. The Labute approximate surface area is 195 Å². The molecule has 0 N–H and O–H groups in total. The number of nitrogens with zero attached hydrogens (tertiary/aromatic N) is 1. The summed E-state index contributed by atoms with van der Waals surface area (Å²) >= 11 is 0. The van der Waals surface area contributed by atoms with Crippen LogP contribution < -0.4 is 4.74 Å². The number of hydrogen-bond donors (Lipinski definition) is 0. The van der Waals surface area contributed by atoms with Crippen LogP contribution in [0.2, 0.25) is 0 Å². The number of halogens is 8. The molecule has 2 atom stereocenters. The van der Waals surface area contributed by atoms with Crippen LogP contribution in [0.25, 0.3) is 6.08 Å². The van der Waals surface area contributed by atoms with Crippen molar-refractivity contribution in [1.29, 1.82) is 0 Å². The van der Waals surface area contributed by atoms with Gasteiger partial charge in [0.25, 0.3) is 5.09 Å². The Kier molecular flexibility index (Phi) is 7.07. The highest BCUT2D eigenvalue weighted by molar-refractivity contribution is 8.45. The SMILES string of the molecule is Cc1cc(S(F)(F)(F)(F)F)cc2c1O[C@H](C(F)(F)F)C(C(=O)OCOC(=O)OC[C@H](C)O[N+](=O)[O-])=C2. The molecule has 2 rings (SSSR count). The summed E-state index contributed by atoms with van der Waals surface area (Å²) < 4.78 is 124. The number of hydrogen-bond acceptors (Lipinski definition) is 9. The number of carbonyl (C=O) groups excluding carboxylic acids is 2. The molecule has 0 saturated heterocycles. The molecule has 0 aliphatic carbocycles. The fourth-order valence-corrected chi connectivity index (χ4v) is 3.46. The monoisotopic (exact) mass is 561 g/mol. The average Bonchev–Trinajstić information content (AvgIpc) is 2.68. The van der Waals surface area contributed by atoms with Crippen molar-refractivity contribution in [3.63, 3.8) is 0 Å². The molecule has 1 aliphatic rings. The molecule has 1 aliphatic heterocycles. The lowest BCUT2D eigenvalue weighted by Gasteiger charge is -2.41. The molecule has 10 nitrogen and oxygen atoms in total. The first-order valence-electron chi connectivity index (χ1n) is 9.20. The molecule has 0 aromatic heterocycles. The molecule has 0 bridgehead atoms. The lowest BCUT2D eigenvalue weighted by Crippen LogP contribution is -2.41. The largest absolute Gasteiger partial charge is 0.511 e. The lowest BCUT2D eigenvalue weighted by atomic mass is 9.99. The molecular weight excluding hydrogens is 546 g/mol. The Balaban J connectivity index is 2.23. The number of ether oxygens (including phenoxy) is 4. The Morgan fingerprint density at radius 1 is 1.14 bits per heavy atom.